The summed E-state index contributed by atoms with van der Waals surface area (Å²) in [4.78, 5) is 19.2. The van der Waals surface area contributed by atoms with Crippen molar-refractivity contribution >= 4 is 11.0 Å². The molecule has 3 rings (SSSR count). The van der Waals surface area contributed by atoms with Crippen molar-refractivity contribution in [1.29, 1.82) is 0 Å². The Balaban J connectivity index is 2.14. The SMILES string of the molecule is Cc1ccc(-c2ccc3[nH]c(=O)n(CC(C)(C)O)c3c2)cn1. The molecular formula is C17H19N3O2. The van der Waals surface area contributed by atoms with E-state index in [4.69, 9.17) is 0 Å². The van der Waals surface area contributed by atoms with Gasteiger partial charge in [-0.15, -0.1) is 0 Å². The third-order valence-electron chi connectivity index (χ3n) is 3.57. The number of imidazole rings is 1. The Bertz CT molecular complexity index is 868. The lowest BCUT2D eigenvalue weighted by atomic mass is 10.1. The van der Waals surface area contributed by atoms with Gasteiger partial charge in [-0.3, -0.25) is 9.55 Å². The van der Waals surface area contributed by atoms with E-state index in [2.05, 4.69) is 9.97 Å². The van der Waals surface area contributed by atoms with E-state index in [1.165, 1.54) is 0 Å². The fourth-order valence-corrected chi connectivity index (χ4v) is 2.51. The number of fused-ring (bicyclic) bond motifs is 1. The number of nitrogens with one attached hydrogen (secondary N) is 1. The van der Waals surface area contributed by atoms with Gasteiger partial charge in [0.05, 0.1) is 23.2 Å². The average molecular weight is 297 g/mol. The Kier molecular flexibility index (Phi) is 3.37. The lowest BCUT2D eigenvalue weighted by Crippen LogP contribution is -2.31. The highest BCUT2D eigenvalue weighted by atomic mass is 16.3. The normalized spacial score (nSPS) is 12.0. The predicted molar refractivity (Wildman–Crippen MR) is 86.8 cm³/mol. The van der Waals surface area contributed by atoms with Crippen LogP contribution in [-0.2, 0) is 6.54 Å². The van der Waals surface area contributed by atoms with Gasteiger partial charge in [0.15, 0.2) is 0 Å². The van der Waals surface area contributed by atoms with E-state index in [1.54, 1.807) is 18.4 Å². The lowest BCUT2D eigenvalue weighted by molar-refractivity contribution is 0.0617. The molecule has 0 bridgehead atoms. The minimum absolute atomic E-state index is 0.212. The van der Waals surface area contributed by atoms with Gasteiger partial charge in [-0.2, -0.15) is 0 Å². The van der Waals surface area contributed by atoms with E-state index in [0.717, 1.165) is 27.9 Å². The van der Waals surface area contributed by atoms with E-state index in [1.807, 2.05) is 43.5 Å². The minimum Gasteiger partial charge on any atom is -0.389 e. The van der Waals surface area contributed by atoms with Gasteiger partial charge in [0.1, 0.15) is 0 Å². The van der Waals surface area contributed by atoms with Crippen molar-refractivity contribution in [2.45, 2.75) is 32.9 Å². The molecule has 22 heavy (non-hydrogen) atoms. The molecule has 0 radical (unpaired) electrons. The Morgan fingerprint density at radius 1 is 1.23 bits per heavy atom. The molecule has 5 heteroatoms. The summed E-state index contributed by atoms with van der Waals surface area (Å²) >= 11 is 0. The third-order valence-corrected chi connectivity index (χ3v) is 3.57. The zero-order valence-corrected chi connectivity index (χ0v) is 12.9. The standard InChI is InChI=1S/C17H19N3O2/c1-11-4-5-13(9-18-11)12-6-7-14-15(8-12)20(16(21)19-14)10-17(2,3)22/h4-9,22H,10H2,1-3H3,(H,19,21). The molecule has 2 N–H and O–H groups in total. The summed E-state index contributed by atoms with van der Waals surface area (Å²) < 4.78 is 1.57. The highest BCUT2D eigenvalue weighted by Gasteiger charge is 2.17. The van der Waals surface area contributed by atoms with Gasteiger partial charge in [0, 0.05) is 17.5 Å². The van der Waals surface area contributed by atoms with Gasteiger partial charge in [-0.05, 0) is 44.5 Å². The zero-order valence-electron chi connectivity index (χ0n) is 12.9. The fourth-order valence-electron chi connectivity index (χ4n) is 2.51. The highest BCUT2D eigenvalue weighted by Crippen LogP contribution is 2.23. The first-order chi connectivity index (χ1) is 10.3. The largest absolute Gasteiger partial charge is 0.389 e. The van der Waals surface area contributed by atoms with E-state index in [-0.39, 0.29) is 12.2 Å². The predicted octanol–water partition coefficient (Wildman–Crippen LogP) is 2.47. The second-order valence-corrected chi connectivity index (χ2v) is 6.25. The van der Waals surface area contributed by atoms with Gasteiger partial charge in [0.2, 0.25) is 0 Å². The van der Waals surface area contributed by atoms with Crippen LogP contribution in [0, 0.1) is 6.92 Å². The van der Waals surface area contributed by atoms with Crippen molar-refractivity contribution in [3.63, 3.8) is 0 Å². The molecule has 0 atom stereocenters. The van der Waals surface area contributed by atoms with Crippen LogP contribution in [-0.4, -0.2) is 25.2 Å². The molecule has 0 aliphatic carbocycles. The summed E-state index contributed by atoms with van der Waals surface area (Å²) in [6.45, 7) is 5.56. The lowest BCUT2D eigenvalue weighted by Gasteiger charge is -2.17. The van der Waals surface area contributed by atoms with Gasteiger partial charge >= 0.3 is 5.69 Å². The summed E-state index contributed by atoms with van der Waals surface area (Å²) in [7, 11) is 0. The molecule has 5 nitrogen and oxygen atoms in total. The molecular weight excluding hydrogens is 278 g/mol. The molecule has 0 aliphatic heterocycles. The van der Waals surface area contributed by atoms with Crippen molar-refractivity contribution in [2.24, 2.45) is 0 Å². The number of rotatable bonds is 3. The van der Waals surface area contributed by atoms with Gasteiger partial charge in [-0.1, -0.05) is 12.1 Å². The highest BCUT2D eigenvalue weighted by molar-refractivity contribution is 5.82. The molecule has 2 aromatic heterocycles. The molecule has 0 aliphatic rings. The van der Waals surface area contributed by atoms with Crippen LogP contribution in [0.1, 0.15) is 19.5 Å². The zero-order chi connectivity index (χ0) is 15.9. The summed E-state index contributed by atoms with van der Waals surface area (Å²) in [5.74, 6) is 0. The van der Waals surface area contributed by atoms with Crippen molar-refractivity contribution in [2.75, 3.05) is 0 Å². The van der Waals surface area contributed by atoms with Crippen molar-refractivity contribution in [3.05, 3.63) is 52.7 Å². The molecule has 0 fully saturated rings. The van der Waals surface area contributed by atoms with Crippen LogP contribution in [0.2, 0.25) is 0 Å². The number of H-pyrrole nitrogens is 1. The van der Waals surface area contributed by atoms with Crippen molar-refractivity contribution < 1.29 is 5.11 Å². The molecule has 3 aromatic rings. The van der Waals surface area contributed by atoms with Crippen LogP contribution in [0.3, 0.4) is 0 Å². The number of nitrogens with zero attached hydrogens (tertiary/aromatic N) is 2. The Hall–Kier alpha value is -2.40. The number of pyridine rings is 1. The Morgan fingerprint density at radius 2 is 1.95 bits per heavy atom. The summed E-state index contributed by atoms with van der Waals surface area (Å²) in [6.07, 6.45) is 1.82. The molecule has 0 unspecified atom stereocenters. The topological polar surface area (TPSA) is 70.9 Å². The van der Waals surface area contributed by atoms with Crippen LogP contribution in [0.15, 0.2) is 41.3 Å². The first-order valence-electron chi connectivity index (χ1n) is 7.21. The quantitative estimate of drug-likeness (QED) is 0.780. The van der Waals surface area contributed by atoms with Crippen LogP contribution in [0.25, 0.3) is 22.2 Å². The van der Waals surface area contributed by atoms with E-state index < -0.39 is 5.60 Å². The second-order valence-electron chi connectivity index (χ2n) is 6.25. The number of benzene rings is 1. The molecule has 1 aromatic carbocycles. The summed E-state index contributed by atoms with van der Waals surface area (Å²) in [5, 5.41) is 10.0. The van der Waals surface area contributed by atoms with E-state index >= 15 is 0 Å². The molecule has 0 saturated heterocycles. The maximum Gasteiger partial charge on any atom is 0.326 e. The summed E-state index contributed by atoms with van der Waals surface area (Å²) in [5.41, 5.74) is 3.32. The number of aromatic nitrogens is 3. The fraction of sp³-hybridized carbons (Fsp3) is 0.294. The number of hydrogen-bond acceptors (Lipinski definition) is 3. The molecule has 0 spiro atoms. The van der Waals surface area contributed by atoms with Crippen LogP contribution in [0.5, 0.6) is 0 Å². The number of aryl methyl sites for hydroxylation is 1. The van der Waals surface area contributed by atoms with Gasteiger partial charge < -0.3 is 10.1 Å². The van der Waals surface area contributed by atoms with Gasteiger partial charge in [-0.25, -0.2) is 4.79 Å². The average Bonchev–Trinajstić information content (AvgIpc) is 2.74. The molecule has 2 heterocycles. The monoisotopic (exact) mass is 297 g/mol. The van der Waals surface area contributed by atoms with Crippen LogP contribution in [0.4, 0.5) is 0 Å². The first kappa shape index (κ1) is 14.5. The summed E-state index contributed by atoms with van der Waals surface area (Å²) in [6, 6.07) is 9.76. The number of hydrogen-bond donors (Lipinski definition) is 2. The van der Waals surface area contributed by atoms with E-state index in [9.17, 15) is 9.90 Å². The minimum atomic E-state index is -0.958. The molecule has 0 saturated carbocycles. The third kappa shape index (κ3) is 2.80. The Morgan fingerprint density at radius 3 is 2.59 bits per heavy atom. The Labute approximate surface area is 128 Å². The maximum absolute atomic E-state index is 12.1. The van der Waals surface area contributed by atoms with Crippen LogP contribution < -0.4 is 5.69 Å². The van der Waals surface area contributed by atoms with Gasteiger partial charge in [0.25, 0.3) is 0 Å². The van der Waals surface area contributed by atoms with Crippen molar-refractivity contribution in [1.82, 2.24) is 14.5 Å². The smallest absolute Gasteiger partial charge is 0.326 e. The first-order valence-corrected chi connectivity index (χ1v) is 7.21. The van der Waals surface area contributed by atoms with E-state index in [0.29, 0.717) is 0 Å². The number of aliphatic hydroxyl groups is 1. The number of aromatic amines is 1. The molecule has 0 amide bonds. The maximum atomic E-state index is 12.1. The van der Waals surface area contributed by atoms with Crippen LogP contribution >= 0.6 is 0 Å². The second kappa shape index (κ2) is 5.10. The molecule has 114 valence electrons. The van der Waals surface area contributed by atoms with Crippen molar-refractivity contribution in [3.8, 4) is 11.1 Å².